The van der Waals surface area contributed by atoms with E-state index < -0.39 is 0 Å². The Labute approximate surface area is 222 Å². The number of aromatic nitrogens is 3. The van der Waals surface area contributed by atoms with Crippen LogP contribution in [0, 0.1) is 19.8 Å². The molecule has 1 aromatic carbocycles. The number of fused-ring (bicyclic) bond motifs is 1. The van der Waals surface area contributed by atoms with Crippen molar-refractivity contribution in [3.05, 3.63) is 53.0 Å². The van der Waals surface area contributed by atoms with Crippen LogP contribution >= 0.6 is 0 Å². The molecule has 0 bridgehead atoms. The first-order valence-electron chi connectivity index (χ1n) is 14.3. The maximum absolute atomic E-state index is 5.44. The maximum Gasteiger partial charge on any atom is 0.160 e. The van der Waals surface area contributed by atoms with Gasteiger partial charge in [0.25, 0.3) is 0 Å². The molecule has 2 N–H and O–H groups in total. The predicted octanol–water partition coefficient (Wildman–Crippen LogP) is 4.55. The van der Waals surface area contributed by atoms with Crippen molar-refractivity contribution >= 4 is 16.9 Å². The summed E-state index contributed by atoms with van der Waals surface area (Å²) in [5, 5.41) is 7.50. The van der Waals surface area contributed by atoms with E-state index in [1.807, 2.05) is 0 Å². The van der Waals surface area contributed by atoms with Gasteiger partial charge in [-0.3, -0.25) is 4.90 Å². The number of aryl methyl sites for hydroxylation is 3. The Bertz CT molecular complexity index is 1140. The van der Waals surface area contributed by atoms with Crippen LogP contribution in [-0.4, -0.2) is 71.4 Å². The lowest BCUT2D eigenvalue weighted by molar-refractivity contribution is 0.0383. The second-order valence-electron chi connectivity index (χ2n) is 10.9. The Hall–Kier alpha value is -2.48. The Balaban J connectivity index is 1.08. The van der Waals surface area contributed by atoms with Crippen molar-refractivity contribution in [2.45, 2.75) is 65.5 Å². The lowest BCUT2D eigenvalue weighted by atomic mass is 9.86. The second kappa shape index (κ2) is 12.4. The van der Waals surface area contributed by atoms with Gasteiger partial charge in [0, 0.05) is 50.0 Å². The number of nitrogens with zero attached hydrogens (tertiary/aromatic N) is 4. The molecule has 2 aromatic heterocycles. The summed E-state index contributed by atoms with van der Waals surface area (Å²) in [6.45, 7) is 14.5. The van der Waals surface area contributed by atoms with E-state index in [9.17, 15) is 0 Å². The molecule has 1 aliphatic heterocycles. The highest BCUT2D eigenvalue weighted by molar-refractivity contribution is 5.76. The lowest BCUT2D eigenvalue weighted by Gasteiger charge is -2.30. The minimum atomic E-state index is 0.579. The molecule has 5 rings (SSSR count). The highest BCUT2D eigenvalue weighted by Gasteiger charge is 2.21. The standard InChI is InChI=1S/C30H44N6O/c1-4-28-34-29-22(2)19-23(3)32-30(29)36(28)21-25-7-11-27(12-8-25)33-26-9-5-24(6-10-26)20-31-13-14-35-15-17-37-18-16-35/h7-8,11-12,19,24,26,31,33H,4-6,9-10,13-18,20-21H2,1-3H3/t24-,26-. The van der Waals surface area contributed by atoms with Crippen LogP contribution in [0.15, 0.2) is 30.3 Å². The van der Waals surface area contributed by atoms with Gasteiger partial charge in [0.1, 0.15) is 11.3 Å². The molecule has 1 saturated heterocycles. The van der Waals surface area contributed by atoms with Gasteiger partial charge in [-0.2, -0.15) is 0 Å². The van der Waals surface area contributed by atoms with Crippen LogP contribution in [0.4, 0.5) is 5.69 Å². The fourth-order valence-corrected chi connectivity index (χ4v) is 5.89. The summed E-state index contributed by atoms with van der Waals surface area (Å²) in [6.07, 6.45) is 6.02. The molecule has 3 aromatic rings. The van der Waals surface area contributed by atoms with Gasteiger partial charge in [0.15, 0.2) is 5.65 Å². The van der Waals surface area contributed by atoms with Crippen molar-refractivity contribution in [3.8, 4) is 0 Å². The molecule has 0 spiro atoms. The summed E-state index contributed by atoms with van der Waals surface area (Å²) < 4.78 is 7.72. The van der Waals surface area contributed by atoms with E-state index in [-0.39, 0.29) is 0 Å². The quantitative estimate of drug-likeness (QED) is 0.395. The van der Waals surface area contributed by atoms with Crippen LogP contribution in [0.2, 0.25) is 0 Å². The lowest BCUT2D eigenvalue weighted by Crippen LogP contribution is -2.41. The number of benzene rings is 1. The average Bonchev–Trinajstić information content (AvgIpc) is 3.27. The van der Waals surface area contributed by atoms with Crippen LogP contribution in [0.25, 0.3) is 11.2 Å². The van der Waals surface area contributed by atoms with Crippen LogP contribution in [0.5, 0.6) is 0 Å². The third kappa shape index (κ3) is 6.70. The van der Waals surface area contributed by atoms with E-state index in [0.29, 0.717) is 6.04 Å². The minimum absolute atomic E-state index is 0.579. The molecule has 0 radical (unpaired) electrons. The fraction of sp³-hybridized carbons (Fsp3) is 0.600. The molecular weight excluding hydrogens is 460 g/mol. The zero-order valence-electron chi connectivity index (χ0n) is 22.9. The zero-order valence-corrected chi connectivity index (χ0v) is 22.9. The van der Waals surface area contributed by atoms with Crippen LogP contribution < -0.4 is 10.6 Å². The molecule has 1 saturated carbocycles. The molecule has 0 unspecified atom stereocenters. The minimum Gasteiger partial charge on any atom is -0.382 e. The highest BCUT2D eigenvalue weighted by Crippen LogP contribution is 2.27. The van der Waals surface area contributed by atoms with Gasteiger partial charge >= 0.3 is 0 Å². The van der Waals surface area contributed by atoms with Crippen LogP contribution in [0.3, 0.4) is 0 Å². The van der Waals surface area contributed by atoms with Crippen molar-refractivity contribution in [2.24, 2.45) is 5.92 Å². The SMILES string of the molecule is CCc1nc2c(C)cc(C)nc2n1Cc1ccc(N[C@H]2CC[C@H](CNCCN3CCOCC3)CC2)cc1. The van der Waals surface area contributed by atoms with Gasteiger partial charge in [-0.05, 0) is 81.3 Å². The highest BCUT2D eigenvalue weighted by atomic mass is 16.5. The molecular formula is C30H44N6O. The first kappa shape index (κ1) is 26.1. The number of hydrogen-bond acceptors (Lipinski definition) is 6. The molecule has 2 fully saturated rings. The Morgan fingerprint density at radius 2 is 1.76 bits per heavy atom. The van der Waals surface area contributed by atoms with E-state index in [4.69, 9.17) is 14.7 Å². The Morgan fingerprint density at radius 3 is 2.49 bits per heavy atom. The summed E-state index contributed by atoms with van der Waals surface area (Å²) in [4.78, 5) is 12.2. The number of ether oxygens (including phenoxy) is 1. The van der Waals surface area contributed by atoms with Gasteiger partial charge in [-0.25, -0.2) is 9.97 Å². The third-order valence-corrected chi connectivity index (χ3v) is 8.07. The van der Waals surface area contributed by atoms with Gasteiger partial charge in [0.05, 0.1) is 19.8 Å². The van der Waals surface area contributed by atoms with Gasteiger partial charge in [-0.15, -0.1) is 0 Å². The molecule has 2 aliphatic rings. The number of anilines is 1. The molecule has 0 atom stereocenters. The number of rotatable bonds is 10. The monoisotopic (exact) mass is 504 g/mol. The molecule has 1 aliphatic carbocycles. The summed E-state index contributed by atoms with van der Waals surface area (Å²) in [7, 11) is 0. The zero-order chi connectivity index (χ0) is 25.6. The molecule has 0 amide bonds. The summed E-state index contributed by atoms with van der Waals surface area (Å²) in [6, 6.07) is 11.7. The number of imidazole rings is 1. The van der Waals surface area contributed by atoms with E-state index in [2.05, 4.69) is 71.2 Å². The summed E-state index contributed by atoms with van der Waals surface area (Å²) in [5.41, 5.74) is 6.80. The Morgan fingerprint density at radius 1 is 1.00 bits per heavy atom. The van der Waals surface area contributed by atoms with Crippen molar-refractivity contribution in [2.75, 3.05) is 51.3 Å². The summed E-state index contributed by atoms with van der Waals surface area (Å²) >= 11 is 0. The van der Waals surface area contributed by atoms with Crippen molar-refractivity contribution < 1.29 is 4.74 Å². The third-order valence-electron chi connectivity index (χ3n) is 8.07. The smallest absolute Gasteiger partial charge is 0.160 e. The van der Waals surface area contributed by atoms with E-state index in [1.165, 1.54) is 42.5 Å². The molecule has 7 heteroatoms. The normalized spacial score (nSPS) is 20.9. The number of pyridine rings is 1. The predicted molar refractivity (Wildman–Crippen MR) is 151 cm³/mol. The van der Waals surface area contributed by atoms with Crippen molar-refractivity contribution in [3.63, 3.8) is 0 Å². The second-order valence-corrected chi connectivity index (χ2v) is 10.9. The largest absolute Gasteiger partial charge is 0.382 e. The first-order valence-corrected chi connectivity index (χ1v) is 14.3. The van der Waals surface area contributed by atoms with Crippen molar-refractivity contribution in [1.29, 1.82) is 0 Å². The summed E-state index contributed by atoms with van der Waals surface area (Å²) in [5.74, 6) is 1.91. The van der Waals surface area contributed by atoms with Gasteiger partial charge < -0.3 is 19.9 Å². The number of hydrogen-bond donors (Lipinski definition) is 2. The topological polar surface area (TPSA) is 67.2 Å². The number of morpholine rings is 1. The van der Waals surface area contributed by atoms with Gasteiger partial charge in [0.2, 0.25) is 0 Å². The molecule has 7 nitrogen and oxygen atoms in total. The van der Waals surface area contributed by atoms with E-state index in [1.54, 1.807) is 0 Å². The van der Waals surface area contributed by atoms with Crippen LogP contribution in [-0.2, 0) is 17.7 Å². The Kier molecular flexibility index (Phi) is 8.74. The number of nitrogens with one attached hydrogen (secondary N) is 2. The first-order chi connectivity index (χ1) is 18.1. The molecule has 200 valence electrons. The van der Waals surface area contributed by atoms with E-state index >= 15 is 0 Å². The van der Waals surface area contributed by atoms with Crippen LogP contribution in [0.1, 0.15) is 55.3 Å². The van der Waals surface area contributed by atoms with Crippen molar-refractivity contribution in [1.82, 2.24) is 24.8 Å². The van der Waals surface area contributed by atoms with Gasteiger partial charge in [-0.1, -0.05) is 19.1 Å². The average molecular weight is 505 g/mol. The maximum atomic E-state index is 5.44. The molecule has 37 heavy (non-hydrogen) atoms. The fourth-order valence-electron chi connectivity index (χ4n) is 5.89. The molecule has 3 heterocycles. The van der Waals surface area contributed by atoms with E-state index in [0.717, 1.165) is 87.5 Å².